The van der Waals surface area contributed by atoms with Gasteiger partial charge >= 0.3 is 0 Å². The molecule has 27 heavy (non-hydrogen) atoms. The van der Waals surface area contributed by atoms with Crippen LogP contribution in [0.15, 0.2) is 41.2 Å². The summed E-state index contributed by atoms with van der Waals surface area (Å²) in [6.07, 6.45) is 1.62. The van der Waals surface area contributed by atoms with Gasteiger partial charge in [-0.15, -0.1) is 0 Å². The van der Waals surface area contributed by atoms with E-state index in [1.165, 1.54) is 6.07 Å². The Kier molecular flexibility index (Phi) is 4.22. The zero-order chi connectivity index (χ0) is 19.1. The molecule has 0 spiro atoms. The van der Waals surface area contributed by atoms with E-state index in [-0.39, 0.29) is 11.1 Å². The van der Waals surface area contributed by atoms with Gasteiger partial charge in [0.2, 0.25) is 0 Å². The molecule has 7 heteroatoms. The molecule has 0 saturated carbocycles. The van der Waals surface area contributed by atoms with E-state index >= 15 is 0 Å². The summed E-state index contributed by atoms with van der Waals surface area (Å²) < 4.78 is 28.6. The Balaban J connectivity index is 1.63. The maximum atomic E-state index is 13.9. The highest BCUT2D eigenvalue weighted by atomic mass is 19.1. The predicted octanol–water partition coefficient (Wildman–Crippen LogP) is 3.11. The first kappa shape index (κ1) is 17.3. The van der Waals surface area contributed by atoms with Gasteiger partial charge in [0.05, 0.1) is 16.9 Å². The topological polar surface area (TPSA) is 64.0 Å². The van der Waals surface area contributed by atoms with Gasteiger partial charge in [0.1, 0.15) is 17.5 Å². The van der Waals surface area contributed by atoms with E-state index in [9.17, 15) is 18.4 Å². The summed E-state index contributed by atoms with van der Waals surface area (Å²) in [5, 5.41) is 3.16. The van der Waals surface area contributed by atoms with Gasteiger partial charge in [-0.05, 0) is 37.6 Å². The number of aryl methyl sites for hydroxylation is 1. The molecule has 0 saturated heterocycles. The highest BCUT2D eigenvalue weighted by molar-refractivity contribution is 5.97. The Morgan fingerprint density at radius 1 is 1.22 bits per heavy atom. The SMILES string of the molecule is C[C@@H](NC(=O)c1ccc2c(=O)n3c(nc2c1)CCC3)c1ccc(F)cc1F. The highest BCUT2D eigenvalue weighted by Gasteiger charge is 2.19. The number of carbonyl (C=O) groups excluding carboxylic acids is 1. The molecule has 1 aliphatic rings. The van der Waals surface area contributed by atoms with Crippen molar-refractivity contribution in [1.82, 2.24) is 14.9 Å². The zero-order valence-electron chi connectivity index (χ0n) is 14.6. The number of hydrogen-bond acceptors (Lipinski definition) is 3. The molecule has 1 N–H and O–H groups in total. The molecule has 3 aromatic rings. The van der Waals surface area contributed by atoms with Crippen molar-refractivity contribution >= 4 is 16.8 Å². The number of rotatable bonds is 3. The van der Waals surface area contributed by atoms with Crippen molar-refractivity contribution in [2.45, 2.75) is 32.4 Å². The lowest BCUT2D eigenvalue weighted by Crippen LogP contribution is -2.27. The van der Waals surface area contributed by atoms with Gasteiger partial charge in [0, 0.05) is 30.2 Å². The van der Waals surface area contributed by atoms with Crippen molar-refractivity contribution in [3.63, 3.8) is 0 Å². The fourth-order valence-electron chi connectivity index (χ4n) is 3.44. The fourth-order valence-corrected chi connectivity index (χ4v) is 3.44. The standard InChI is InChI=1S/C20H17F2N3O2/c1-11(14-7-5-13(21)10-16(14)22)23-19(26)12-4-6-15-17(9-12)24-18-3-2-8-25(18)20(15)27/h4-7,9-11H,2-3,8H2,1H3,(H,23,26)/t11-/m1/s1. The third-order valence-electron chi connectivity index (χ3n) is 4.86. The number of halogens is 2. The summed E-state index contributed by atoms with van der Waals surface area (Å²) in [7, 11) is 0. The number of amides is 1. The van der Waals surface area contributed by atoms with Gasteiger partial charge in [-0.1, -0.05) is 6.07 Å². The average molecular weight is 369 g/mol. The van der Waals surface area contributed by atoms with Crippen molar-refractivity contribution in [3.05, 3.63) is 75.3 Å². The molecule has 0 fully saturated rings. The van der Waals surface area contributed by atoms with Crippen molar-refractivity contribution in [3.8, 4) is 0 Å². The maximum Gasteiger partial charge on any atom is 0.261 e. The third kappa shape index (κ3) is 3.09. The summed E-state index contributed by atoms with van der Waals surface area (Å²) in [5.74, 6) is -1.08. The van der Waals surface area contributed by atoms with Crippen LogP contribution in [-0.2, 0) is 13.0 Å². The molecule has 1 aliphatic heterocycles. The summed E-state index contributed by atoms with van der Waals surface area (Å²) in [5.41, 5.74) is 0.897. The van der Waals surface area contributed by atoms with E-state index in [0.717, 1.165) is 30.8 Å². The second-order valence-electron chi connectivity index (χ2n) is 6.68. The molecule has 0 unspecified atom stereocenters. The molecule has 1 amide bonds. The lowest BCUT2D eigenvalue weighted by Gasteiger charge is -2.15. The smallest absolute Gasteiger partial charge is 0.261 e. The van der Waals surface area contributed by atoms with E-state index in [1.54, 1.807) is 29.7 Å². The molecule has 5 nitrogen and oxygen atoms in total. The van der Waals surface area contributed by atoms with Crippen LogP contribution in [0, 0.1) is 11.6 Å². The lowest BCUT2D eigenvalue weighted by molar-refractivity contribution is 0.0939. The van der Waals surface area contributed by atoms with Gasteiger partial charge in [-0.3, -0.25) is 14.2 Å². The van der Waals surface area contributed by atoms with Crippen LogP contribution in [0.1, 0.15) is 41.1 Å². The fraction of sp³-hybridized carbons (Fsp3) is 0.250. The van der Waals surface area contributed by atoms with Crippen LogP contribution in [0.2, 0.25) is 0 Å². The minimum Gasteiger partial charge on any atom is -0.345 e. The summed E-state index contributed by atoms with van der Waals surface area (Å²) in [4.78, 5) is 29.5. The molecule has 138 valence electrons. The summed E-state index contributed by atoms with van der Waals surface area (Å²) in [6, 6.07) is 7.30. The predicted molar refractivity (Wildman–Crippen MR) is 96.6 cm³/mol. The monoisotopic (exact) mass is 369 g/mol. The van der Waals surface area contributed by atoms with Crippen LogP contribution in [0.3, 0.4) is 0 Å². The molecule has 0 radical (unpaired) electrons. The largest absolute Gasteiger partial charge is 0.345 e. The minimum absolute atomic E-state index is 0.0961. The number of aromatic nitrogens is 2. The van der Waals surface area contributed by atoms with E-state index < -0.39 is 23.6 Å². The number of carbonyl (C=O) groups is 1. The molecule has 2 heterocycles. The second kappa shape index (κ2) is 6.57. The first-order chi connectivity index (χ1) is 12.9. The van der Waals surface area contributed by atoms with Crippen molar-refractivity contribution < 1.29 is 13.6 Å². The van der Waals surface area contributed by atoms with Gasteiger partial charge in [0.15, 0.2) is 0 Å². The average Bonchev–Trinajstić information content (AvgIpc) is 3.10. The first-order valence-corrected chi connectivity index (χ1v) is 8.73. The van der Waals surface area contributed by atoms with Crippen LogP contribution in [0.4, 0.5) is 8.78 Å². The molecule has 2 aromatic carbocycles. The minimum atomic E-state index is -0.716. The van der Waals surface area contributed by atoms with Crippen LogP contribution in [-0.4, -0.2) is 15.5 Å². The van der Waals surface area contributed by atoms with Crippen LogP contribution >= 0.6 is 0 Å². The Labute approximate surface area is 153 Å². The number of nitrogens with one attached hydrogen (secondary N) is 1. The Morgan fingerprint density at radius 2 is 2.04 bits per heavy atom. The third-order valence-corrected chi connectivity index (χ3v) is 4.86. The zero-order valence-corrected chi connectivity index (χ0v) is 14.6. The molecule has 0 bridgehead atoms. The van der Waals surface area contributed by atoms with E-state index in [0.29, 0.717) is 23.0 Å². The van der Waals surface area contributed by atoms with Crippen LogP contribution < -0.4 is 10.9 Å². The molecular weight excluding hydrogens is 352 g/mol. The molecule has 4 rings (SSSR count). The Bertz CT molecular complexity index is 1120. The normalized spacial score (nSPS) is 14.2. The number of nitrogens with zero attached hydrogens (tertiary/aromatic N) is 2. The quantitative estimate of drug-likeness (QED) is 0.772. The number of benzene rings is 2. The lowest BCUT2D eigenvalue weighted by atomic mass is 10.1. The molecular formula is C20H17F2N3O2. The summed E-state index contributed by atoms with van der Waals surface area (Å²) in [6.45, 7) is 2.28. The van der Waals surface area contributed by atoms with Crippen LogP contribution in [0.5, 0.6) is 0 Å². The van der Waals surface area contributed by atoms with Gasteiger partial charge in [-0.25, -0.2) is 13.8 Å². The van der Waals surface area contributed by atoms with Gasteiger partial charge in [-0.2, -0.15) is 0 Å². The van der Waals surface area contributed by atoms with Crippen LogP contribution in [0.25, 0.3) is 10.9 Å². The van der Waals surface area contributed by atoms with Gasteiger partial charge < -0.3 is 5.32 Å². The Hall–Kier alpha value is -3.09. The van der Waals surface area contributed by atoms with E-state index in [4.69, 9.17) is 0 Å². The number of fused-ring (bicyclic) bond motifs is 2. The first-order valence-electron chi connectivity index (χ1n) is 8.73. The molecule has 1 atom stereocenters. The second-order valence-corrected chi connectivity index (χ2v) is 6.68. The van der Waals surface area contributed by atoms with Crippen molar-refractivity contribution in [1.29, 1.82) is 0 Å². The maximum absolute atomic E-state index is 13.9. The van der Waals surface area contributed by atoms with E-state index in [1.807, 2.05) is 0 Å². The van der Waals surface area contributed by atoms with Gasteiger partial charge in [0.25, 0.3) is 11.5 Å². The highest BCUT2D eigenvalue weighted by Crippen LogP contribution is 2.20. The summed E-state index contributed by atoms with van der Waals surface area (Å²) >= 11 is 0. The Morgan fingerprint density at radius 3 is 2.81 bits per heavy atom. The van der Waals surface area contributed by atoms with Crippen molar-refractivity contribution in [2.24, 2.45) is 0 Å². The van der Waals surface area contributed by atoms with Crippen molar-refractivity contribution in [2.75, 3.05) is 0 Å². The van der Waals surface area contributed by atoms with E-state index in [2.05, 4.69) is 10.3 Å². The molecule has 1 aromatic heterocycles. The number of hydrogen-bond donors (Lipinski definition) is 1. The molecule has 0 aliphatic carbocycles.